The Morgan fingerprint density at radius 2 is 1.60 bits per heavy atom. The van der Waals surface area contributed by atoms with Crippen LogP contribution in [0.4, 0.5) is 0 Å². The summed E-state index contributed by atoms with van der Waals surface area (Å²) in [5.41, 5.74) is 5.67. The first-order valence-electron chi connectivity index (χ1n) is 10.1. The van der Waals surface area contributed by atoms with Crippen molar-refractivity contribution in [3.63, 3.8) is 0 Å². The Bertz CT molecular complexity index is 1370. The molecule has 0 spiro atoms. The van der Waals surface area contributed by atoms with Gasteiger partial charge in [-0.25, -0.2) is 4.98 Å². The maximum Gasteiger partial charge on any atom is 0.488 e. The highest BCUT2D eigenvalue weighted by Crippen LogP contribution is 2.33. The van der Waals surface area contributed by atoms with Gasteiger partial charge in [-0.05, 0) is 40.2 Å². The van der Waals surface area contributed by atoms with Crippen molar-refractivity contribution in [1.82, 2.24) is 9.55 Å². The van der Waals surface area contributed by atoms with Gasteiger partial charge >= 0.3 is 7.12 Å². The van der Waals surface area contributed by atoms with Gasteiger partial charge in [-0.1, -0.05) is 73.7 Å². The van der Waals surface area contributed by atoms with Gasteiger partial charge in [-0.15, -0.1) is 0 Å². The van der Waals surface area contributed by atoms with E-state index in [-0.39, 0.29) is 0 Å². The number of nitrogens with zero attached hydrogens (tertiary/aromatic N) is 2. The standard InChI is InChI=1S/C25H21BN2O2/c1-2-25-27-22-13-3-4-14-24(22)28(25)23-15-7-11-20-19(10-6-12-21(20)23)17-8-5-9-18(16-17)26(29)30/h3-16,29-30H,2H2,1H3. The lowest BCUT2D eigenvalue weighted by Gasteiger charge is -2.14. The number of rotatable bonds is 4. The van der Waals surface area contributed by atoms with Crippen LogP contribution in [0.5, 0.6) is 0 Å². The van der Waals surface area contributed by atoms with Gasteiger partial charge in [0, 0.05) is 11.8 Å². The van der Waals surface area contributed by atoms with Crippen LogP contribution >= 0.6 is 0 Å². The van der Waals surface area contributed by atoms with Gasteiger partial charge in [0.2, 0.25) is 0 Å². The van der Waals surface area contributed by atoms with Crippen molar-refractivity contribution in [2.24, 2.45) is 0 Å². The van der Waals surface area contributed by atoms with Gasteiger partial charge in [0.1, 0.15) is 5.82 Å². The Hall–Kier alpha value is -3.41. The molecule has 0 fully saturated rings. The Kier molecular flexibility index (Phi) is 4.62. The Morgan fingerprint density at radius 1 is 0.833 bits per heavy atom. The first-order chi connectivity index (χ1) is 14.7. The smallest absolute Gasteiger partial charge is 0.423 e. The van der Waals surface area contributed by atoms with Crippen molar-refractivity contribution in [3.05, 3.63) is 90.8 Å². The minimum atomic E-state index is -1.49. The molecule has 0 amide bonds. The highest BCUT2D eigenvalue weighted by molar-refractivity contribution is 6.58. The molecular weight excluding hydrogens is 371 g/mol. The fraction of sp³-hybridized carbons (Fsp3) is 0.0800. The van der Waals surface area contributed by atoms with Crippen LogP contribution in [-0.2, 0) is 6.42 Å². The Balaban J connectivity index is 1.78. The molecule has 30 heavy (non-hydrogen) atoms. The van der Waals surface area contributed by atoms with Gasteiger partial charge in [0.15, 0.2) is 0 Å². The van der Waals surface area contributed by atoms with E-state index in [4.69, 9.17) is 4.98 Å². The topological polar surface area (TPSA) is 58.3 Å². The summed E-state index contributed by atoms with van der Waals surface area (Å²) in [4.78, 5) is 4.83. The predicted molar refractivity (Wildman–Crippen MR) is 123 cm³/mol. The molecule has 0 aliphatic heterocycles. The van der Waals surface area contributed by atoms with Crippen LogP contribution < -0.4 is 5.46 Å². The Morgan fingerprint density at radius 3 is 2.43 bits per heavy atom. The monoisotopic (exact) mass is 392 g/mol. The van der Waals surface area contributed by atoms with Gasteiger partial charge in [0.05, 0.1) is 16.7 Å². The van der Waals surface area contributed by atoms with E-state index in [1.54, 1.807) is 6.07 Å². The van der Waals surface area contributed by atoms with Crippen LogP contribution in [-0.4, -0.2) is 26.7 Å². The molecule has 0 bridgehead atoms. The summed E-state index contributed by atoms with van der Waals surface area (Å²) in [6.07, 6.45) is 0.835. The van der Waals surface area contributed by atoms with E-state index < -0.39 is 7.12 Å². The lowest BCUT2D eigenvalue weighted by atomic mass is 9.79. The van der Waals surface area contributed by atoms with E-state index in [0.717, 1.165) is 50.9 Å². The molecule has 146 valence electrons. The van der Waals surface area contributed by atoms with Crippen LogP contribution in [0.3, 0.4) is 0 Å². The first kappa shape index (κ1) is 18.6. The lowest BCUT2D eigenvalue weighted by molar-refractivity contribution is 0.426. The molecule has 1 aromatic heterocycles. The number of aryl methyl sites for hydroxylation is 1. The number of aromatic nitrogens is 2. The summed E-state index contributed by atoms with van der Waals surface area (Å²) < 4.78 is 2.25. The first-order valence-corrected chi connectivity index (χ1v) is 10.1. The maximum absolute atomic E-state index is 9.58. The zero-order valence-corrected chi connectivity index (χ0v) is 16.7. The third kappa shape index (κ3) is 3.00. The largest absolute Gasteiger partial charge is 0.488 e. The average Bonchev–Trinajstić information content (AvgIpc) is 3.17. The molecule has 4 nitrogen and oxygen atoms in total. The number of imidazole rings is 1. The maximum atomic E-state index is 9.58. The second-order valence-electron chi connectivity index (χ2n) is 7.38. The zero-order valence-electron chi connectivity index (χ0n) is 16.7. The molecule has 1 heterocycles. The summed E-state index contributed by atoms with van der Waals surface area (Å²) in [5.74, 6) is 1.03. The predicted octanol–water partition coefficient (Wildman–Crippen LogP) is 4.09. The van der Waals surface area contributed by atoms with E-state index in [2.05, 4.69) is 47.9 Å². The van der Waals surface area contributed by atoms with Crippen LogP contribution in [0.25, 0.3) is 38.6 Å². The second kappa shape index (κ2) is 7.45. The van der Waals surface area contributed by atoms with Crippen molar-refractivity contribution in [3.8, 4) is 16.8 Å². The fourth-order valence-corrected chi connectivity index (χ4v) is 4.19. The SMILES string of the molecule is CCc1nc2ccccc2n1-c1cccc2c(-c3cccc(B(O)O)c3)cccc12. The highest BCUT2D eigenvalue weighted by Gasteiger charge is 2.16. The summed E-state index contributed by atoms with van der Waals surface area (Å²) >= 11 is 0. The third-order valence-electron chi connectivity index (χ3n) is 5.58. The van der Waals surface area contributed by atoms with Gasteiger partial charge in [0.25, 0.3) is 0 Å². The minimum Gasteiger partial charge on any atom is -0.423 e. The summed E-state index contributed by atoms with van der Waals surface area (Å²) in [7, 11) is -1.49. The van der Waals surface area contributed by atoms with Crippen molar-refractivity contribution < 1.29 is 10.0 Å². The molecule has 0 atom stereocenters. The van der Waals surface area contributed by atoms with Crippen molar-refractivity contribution >= 4 is 34.4 Å². The van der Waals surface area contributed by atoms with E-state index in [9.17, 15) is 10.0 Å². The molecule has 0 aliphatic carbocycles. The average molecular weight is 392 g/mol. The number of fused-ring (bicyclic) bond motifs is 2. The lowest BCUT2D eigenvalue weighted by Crippen LogP contribution is -2.29. The van der Waals surface area contributed by atoms with E-state index in [1.165, 1.54) is 0 Å². The summed E-state index contributed by atoms with van der Waals surface area (Å²) in [5, 5.41) is 21.4. The minimum absolute atomic E-state index is 0.481. The molecule has 0 aliphatic rings. The van der Waals surface area contributed by atoms with Crippen LogP contribution in [0.2, 0.25) is 0 Å². The number of benzene rings is 4. The van der Waals surface area contributed by atoms with E-state index >= 15 is 0 Å². The number of para-hydroxylation sites is 2. The van der Waals surface area contributed by atoms with Gasteiger partial charge < -0.3 is 10.0 Å². The van der Waals surface area contributed by atoms with Gasteiger partial charge in [-0.2, -0.15) is 0 Å². The Labute approximate surface area is 175 Å². The normalized spacial score (nSPS) is 11.3. The second-order valence-corrected chi connectivity index (χ2v) is 7.38. The molecule has 2 N–H and O–H groups in total. The van der Waals surface area contributed by atoms with Crippen LogP contribution in [0.15, 0.2) is 84.9 Å². The van der Waals surface area contributed by atoms with E-state index in [1.807, 2.05) is 42.5 Å². The molecule has 5 rings (SSSR count). The van der Waals surface area contributed by atoms with Crippen LogP contribution in [0, 0.1) is 0 Å². The molecule has 0 saturated heterocycles. The van der Waals surface area contributed by atoms with Crippen molar-refractivity contribution in [2.75, 3.05) is 0 Å². The number of hydrogen-bond acceptors (Lipinski definition) is 3. The quantitative estimate of drug-likeness (QED) is 0.453. The molecule has 5 aromatic rings. The molecular formula is C25H21BN2O2. The molecule has 4 aromatic carbocycles. The molecule has 0 radical (unpaired) electrons. The number of hydrogen-bond donors (Lipinski definition) is 2. The van der Waals surface area contributed by atoms with Crippen LogP contribution in [0.1, 0.15) is 12.7 Å². The molecule has 0 unspecified atom stereocenters. The fourth-order valence-electron chi connectivity index (χ4n) is 4.19. The third-order valence-corrected chi connectivity index (χ3v) is 5.58. The van der Waals surface area contributed by atoms with Gasteiger partial charge in [-0.3, -0.25) is 4.57 Å². The van der Waals surface area contributed by atoms with Crippen molar-refractivity contribution in [2.45, 2.75) is 13.3 Å². The summed E-state index contributed by atoms with van der Waals surface area (Å²) in [6, 6.07) is 28.2. The molecule has 0 saturated carbocycles. The summed E-state index contributed by atoms with van der Waals surface area (Å²) in [6.45, 7) is 2.12. The zero-order chi connectivity index (χ0) is 20.7. The van der Waals surface area contributed by atoms with E-state index in [0.29, 0.717) is 5.46 Å². The van der Waals surface area contributed by atoms with Crippen molar-refractivity contribution in [1.29, 1.82) is 0 Å². The molecule has 5 heteroatoms. The highest BCUT2D eigenvalue weighted by atomic mass is 16.4.